The highest BCUT2D eigenvalue weighted by atomic mass is 35.5. The zero-order chi connectivity index (χ0) is 14.2. The lowest BCUT2D eigenvalue weighted by molar-refractivity contribution is -0.128. The van der Waals surface area contributed by atoms with E-state index in [-0.39, 0.29) is 29.8 Å². The molecule has 1 aliphatic heterocycles. The van der Waals surface area contributed by atoms with Crippen LogP contribution in [0.25, 0.3) is 0 Å². The Labute approximate surface area is 115 Å². The summed E-state index contributed by atoms with van der Waals surface area (Å²) < 4.78 is 13.4. The van der Waals surface area contributed by atoms with Crippen molar-refractivity contribution in [3.63, 3.8) is 0 Å². The number of halogens is 2. The van der Waals surface area contributed by atoms with Crippen molar-refractivity contribution in [1.29, 1.82) is 0 Å². The minimum atomic E-state index is -1.02. The standard InChI is InChI=1S/C13H14ClFN2O2/c1-13(2)12(19)17(4-3-11(18)16-13)10-6-8(14)5-9(15)7-10/h5-7H,3-4H2,1-2H3,(H,16,18). The van der Waals surface area contributed by atoms with Gasteiger partial charge in [-0.15, -0.1) is 0 Å². The molecule has 2 rings (SSSR count). The van der Waals surface area contributed by atoms with Crippen molar-refractivity contribution >= 4 is 29.1 Å². The molecule has 4 nitrogen and oxygen atoms in total. The van der Waals surface area contributed by atoms with Gasteiger partial charge in [-0.3, -0.25) is 9.59 Å². The summed E-state index contributed by atoms with van der Waals surface area (Å²) in [6, 6.07) is 3.91. The first-order chi connectivity index (χ1) is 8.79. The Kier molecular flexibility index (Phi) is 3.49. The molecule has 1 saturated heterocycles. The Bertz CT molecular complexity index is 525. The first kappa shape index (κ1) is 13.8. The lowest BCUT2D eigenvalue weighted by Gasteiger charge is -2.29. The number of benzene rings is 1. The van der Waals surface area contributed by atoms with Gasteiger partial charge < -0.3 is 10.2 Å². The summed E-state index contributed by atoms with van der Waals surface area (Å²) in [7, 11) is 0. The molecule has 102 valence electrons. The third-order valence-corrected chi connectivity index (χ3v) is 3.17. The van der Waals surface area contributed by atoms with E-state index in [0.29, 0.717) is 5.69 Å². The number of carbonyl (C=O) groups is 2. The van der Waals surface area contributed by atoms with Crippen LogP contribution in [0.1, 0.15) is 20.3 Å². The van der Waals surface area contributed by atoms with Crippen LogP contribution in [0.4, 0.5) is 10.1 Å². The zero-order valence-corrected chi connectivity index (χ0v) is 11.4. The second kappa shape index (κ2) is 4.81. The summed E-state index contributed by atoms with van der Waals surface area (Å²) in [4.78, 5) is 25.3. The predicted molar refractivity (Wildman–Crippen MR) is 70.6 cm³/mol. The largest absolute Gasteiger partial charge is 0.342 e. The molecule has 6 heteroatoms. The Morgan fingerprint density at radius 1 is 1.32 bits per heavy atom. The van der Waals surface area contributed by atoms with Gasteiger partial charge in [-0.05, 0) is 32.0 Å². The molecule has 1 heterocycles. The smallest absolute Gasteiger partial charge is 0.252 e. The summed E-state index contributed by atoms with van der Waals surface area (Å²) >= 11 is 5.80. The van der Waals surface area contributed by atoms with Gasteiger partial charge in [-0.25, -0.2) is 4.39 Å². The molecule has 19 heavy (non-hydrogen) atoms. The Morgan fingerprint density at radius 2 is 2.00 bits per heavy atom. The predicted octanol–water partition coefficient (Wildman–Crippen LogP) is 2.11. The lowest BCUT2D eigenvalue weighted by atomic mass is 10.0. The van der Waals surface area contributed by atoms with E-state index in [1.165, 1.54) is 23.1 Å². The first-order valence-electron chi connectivity index (χ1n) is 5.89. The van der Waals surface area contributed by atoms with Gasteiger partial charge in [-0.1, -0.05) is 11.6 Å². The van der Waals surface area contributed by atoms with Crippen molar-refractivity contribution < 1.29 is 14.0 Å². The highest BCUT2D eigenvalue weighted by Gasteiger charge is 2.37. The van der Waals surface area contributed by atoms with E-state index in [2.05, 4.69) is 5.32 Å². The topological polar surface area (TPSA) is 49.4 Å². The van der Waals surface area contributed by atoms with E-state index < -0.39 is 11.4 Å². The SMILES string of the molecule is CC1(C)NC(=O)CCN(c2cc(F)cc(Cl)c2)C1=O. The molecule has 0 spiro atoms. The molecule has 0 aromatic heterocycles. The average Bonchev–Trinajstić information content (AvgIpc) is 2.35. The molecular weight excluding hydrogens is 271 g/mol. The van der Waals surface area contributed by atoms with Crippen molar-refractivity contribution in [1.82, 2.24) is 5.32 Å². The second-order valence-electron chi connectivity index (χ2n) is 5.01. The van der Waals surface area contributed by atoms with E-state index in [4.69, 9.17) is 11.6 Å². The molecule has 0 unspecified atom stereocenters. The zero-order valence-electron chi connectivity index (χ0n) is 10.7. The fourth-order valence-corrected chi connectivity index (χ4v) is 2.27. The van der Waals surface area contributed by atoms with Gasteiger partial charge in [-0.2, -0.15) is 0 Å². The fraction of sp³-hybridized carbons (Fsp3) is 0.385. The van der Waals surface area contributed by atoms with Crippen molar-refractivity contribution in [3.05, 3.63) is 29.0 Å². The molecule has 0 aliphatic carbocycles. The molecule has 2 amide bonds. The van der Waals surface area contributed by atoms with Crippen LogP contribution < -0.4 is 10.2 Å². The van der Waals surface area contributed by atoms with Crippen LogP contribution in [0.15, 0.2) is 18.2 Å². The average molecular weight is 285 g/mol. The maximum atomic E-state index is 13.4. The number of nitrogens with one attached hydrogen (secondary N) is 1. The van der Waals surface area contributed by atoms with E-state index in [0.717, 1.165) is 0 Å². The van der Waals surface area contributed by atoms with Crippen LogP contribution in [0.3, 0.4) is 0 Å². The van der Waals surface area contributed by atoms with Crippen molar-refractivity contribution in [3.8, 4) is 0 Å². The first-order valence-corrected chi connectivity index (χ1v) is 6.26. The van der Waals surface area contributed by atoms with E-state index in [1.54, 1.807) is 13.8 Å². The lowest BCUT2D eigenvalue weighted by Crippen LogP contribution is -2.53. The van der Waals surface area contributed by atoms with Crippen LogP contribution in [0, 0.1) is 5.82 Å². The van der Waals surface area contributed by atoms with E-state index >= 15 is 0 Å². The normalized spacial score (nSPS) is 19.1. The van der Waals surface area contributed by atoms with Crippen LogP contribution in [-0.2, 0) is 9.59 Å². The van der Waals surface area contributed by atoms with Gasteiger partial charge in [0.05, 0.1) is 0 Å². The van der Waals surface area contributed by atoms with Crippen LogP contribution >= 0.6 is 11.6 Å². The molecule has 1 aromatic rings. The van der Waals surface area contributed by atoms with Crippen LogP contribution in [-0.4, -0.2) is 23.9 Å². The molecule has 0 saturated carbocycles. The number of carbonyl (C=O) groups excluding carboxylic acids is 2. The number of nitrogens with zero attached hydrogens (tertiary/aromatic N) is 1. The maximum Gasteiger partial charge on any atom is 0.252 e. The highest BCUT2D eigenvalue weighted by Crippen LogP contribution is 2.25. The van der Waals surface area contributed by atoms with Gasteiger partial charge in [0.25, 0.3) is 5.91 Å². The molecule has 0 radical (unpaired) electrons. The summed E-state index contributed by atoms with van der Waals surface area (Å²) in [5.74, 6) is -1.01. The Morgan fingerprint density at radius 3 is 2.63 bits per heavy atom. The number of amides is 2. The fourth-order valence-electron chi connectivity index (χ4n) is 2.06. The summed E-state index contributed by atoms with van der Waals surface area (Å²) in [6.45, 7) is 3.44. The molecule has 1 fully saturated rings. The summed E-state index contributed by atoms with van der Waals surface area (Å²) in [6.07, 6.45) is 0.170. The third-order valence-electron chi connectivity index (χ3n) is 2.95. The Balaban J connectivity index is 2.42. The minimum absolute atomic E-state index is 0.170. The molecule has 0 bridgehead atoms. The van der Waals surface area contributed by atoms with E-state index in [9.17, 15) is 14.0 Å². The molecular formula is C13H14ClFN2O2. The molecule has 0 atom stereocenters. The van der Waals surface area contributed by atoms with Gasteiger partial charge >= 0.3 is 0 Å². The van der Waals surface area contributed by atoms with E-state index in [1.807, 2.05) is 0 Å². The van der Waals surface area contributed by atoms with Crippen molar-refractivity contribution in [2.24, 2.45) is 0 Å². The third kappa shape index (κ3) is 2.87. The summed E-state index contributed by atoms with van der Waals surface area (Å²) in [5.41, 5.74) is -0.661. The van der Waals surface area contributed by atoms with Crippen LogP contribution in [0.2, 0.25) is 5.02 Å². The maximum absolute atomic E-state index is 13.4. The number of anilines is 1. The van der Waals surface area contributed by atoms with Crippen LogP contribution in [0.5, 0.6) is 0 Å². The Hall–Kier alpha value is -1.62. The highest BCUT2D eigenvalue weighted by molar-refractivity contribution is 6.31. The second-order valence-corrected chi connectivity index (χ2v) is 5.44. The minimum Gasteiger partial charge on any atom is -0.342 e. The molecule has 1 aliphatic rings. The van der Waals surface area contributed by atoms with Gasteiger partial charge in [0.15, 0.2) is 0 Å². The van der Waals surface area contributed by atoms with Crippen molar-refractivity contribution in [2.75, 3.05) is 11.4 Å². The summed E-state index contributed by atoms with van der Waals surface area (Å²) in [5, 5.41) is 2.85. The van der Waals surface area contributed by atoms with Gasteiger partial charge in [0.1, 0.15) is 11.4 Å². The number of hydrogen-bond donors (Lipinski definition) is 1. The molecule has 1 N–H and O–H groups in total. The number of hydrogen-bond acceptors (Lipinski definition) is 2. The quantitative estimate of drug-likeness (QED) is 0.859. The monoisotopic (exact) mass is 284 g/mol. The van der Waals surface area contributed by atoms with Gasteiger partial charge in [0.2, 0.25) is 5.91 Å². The van der Waals surface area contributed by atoms with Gasteiger partial charge in [0, 0.05) is 23.7 Å². The van der Waals surface area contributed by atoms with Crippen molar-refractivity contribution in [2.45, 2.75) is 25.8 Å². The number of rotatable bonds is 1. The molecule has 1 aromatic carbocycles.